The Hall–Kier alpha value is -3.55. The molecule has 2 heterocycles. The van der Waals surface area contributed by atoms with Crippen LogP contribution in [0.1, 0.15) is 11.3 Å². The molecule has 0 fully saturated rings. The molecule has 0 radical (unpaired) electrons. The van der Waals surface area contributed by atoms with Gasteiger partial charge in [0.15, 0.2) is 0 Å². The van der Waals surface area contributed by atoms with Crippen molar-refractivity contribution in [3.05, 3.63) is 94.9 Å². The summed E-state index contributed by atoms with van der Waals surface area (Å²) in [7, 11) is 1.95. The summed E-state index contributed by atoms with van der Waals surface area (Å²) in [6.45, 7) is 2.07. The number of benzene rings is 3. The summed E-state index contributed by atoms with van der Waals surface area (Å²) in [6, 6.07) is 26.5. The lowest BCUT2D eigenvalue weighted by Gasteiger charge is -2.03. The van der Waals surface area contributed by atoms with Crippen LogP contribution >= 0.6 is 22.7 Å². The lowest BCUT2D eigenvalue weighted by atomic mass is 10.1. The van der Waals surface area contributed by atoms with Crippen LogP contribution in [0.15, 0.2) is 84.0 Å². The van der Waals surface area contributed by atoms with Crippen molar-refractivity contribution in [3.8, 4) is 21.0 Å². The first-order valence-electron chi connectivity index (χ1n) is 10.6. The van der Waals surface area contributed by atoms with Crippen LogP contribution in [-0.2, 0) is 18.3 Å². The van der Waals surface area contributed by atoms with Crippen LogP contribution in [-0.4, -0.2) is 15.5 Å². The van der Waals surface area contributed by atoms with E-state index in [0.717, 1.165) is 41.7 Å². The molecule has 164 valence electrons. The summed E-state index contributed by atoms with van der Waals surface area (Å²) < 4.78 is 3.11. The number of hydrogen-bond acceptors (Lipinski definition) is 5. The van der Waals surface area contributed by atoms with Gasteiger partial charge >= 0.3 is 0 Å². The fourth-order valence-corrected chi connectivity index (χ4v) is 5.67. The van der Waals surface area contributed by atoms with Crippen LogP contribution in [0.3, 0.4) is 0 Å². The fraction of sp³-hybridized carbons (Fsp3) is 0.115. The zero-order chi connectivity index (χ0) is 22.8. The number of hydrogen-bond donors (Lipinski definition) is 1. The minimum absolute atomic E-state index is 0.157. The number of aryl methyl sites for hydroxylation is 2. The third kappa shape index (κ3) is 4.51. The van der Waals surface area contributed by atoms with E-state index in [1.165, 1.54) is 5.56 Å². The summed E-state index contributed by atoms with van der Waals surface area (Å²) in [5.41, 5.74) is 7.88. The molecule has 0 bridgehead atoms. The molecule has 0 saturated carbocycles. The Morgan fingerprint density at radius 2 is 1.67 bits per heavy atom. The van der Waals surface area contributed by atoms with Gasteiger partial charge in [-0.2, -0.15) is 0 Å². The van der Waals surface area contributed by atoms with Crippen LogP contribution in [0.25, 0.3) is 31.2 Å². The van der Waals surface area contributed by atoms with Crippen LogP contribution in [0.4, 0.5) is 0 Å². The monoisotopic (exact) mass is 470 g/mol. The lowest BCUT2D eigenvalue weighted by Crippen LogP contribution is -2.24. The average molecular weight is 471 g/mol. The molecule has 0 spiro atoms. The summed E-state index contributed by atoms with van der Waals surface area (Å²) in [6.07, 6.45) is 0.157. The Labute approximate surface area is 199 Å². The molecule has 3 aromatic carbocycles. The average Bonchev–Trinajstić information content (AvgIpc) is 3.40. The van der Waals surface area contributed by atoms with E-state index in [0.29, 0.717) is 0 Å². The van der Waals surface area contributed by atoms with Crippen molar-refractivity contribution < 1.29 is 4.79 Å². The van der Waals surface area contributed by atoms with Crippen molar-refractivity contribution in [2.24, 2.45) is 12.1 Å². The lowest BCUT2D eigenvalue weighted by molar-refractivity contribution is -0.120. The van der Waals surface area contributed by atoms with Gasteiger partial charge in [-0.15, -0.1) is 16.4 Å². The minimum Gasteiger partial charge on any atom is -0.318 e. The van der Waals surface area contributed by atoms with E-state index in [-0.39, 0.29) is 12.3 Å². The van der Waals surface area contributed by atoms with Gasteiger partial charge in [-0.05, 0) is 24.6 Å². The molecule has 0 saturated heterocycles. The summed E-state index contributed by atoms with van der Waals surface area (Å²) in [5, 5.41) is 5.28. The smallest absolute Gasteiger partial charge is 0.246 e. The molecule has 0 atom stereocenters. The van der Waals surface area contributed by atoms with Gasteiger partial charge in [0.05, 0.1) is 27.2 Å². The first-order chi connectivity index (χ1) is 16.1. The largest absolute Gasteiger partial charge is 0.318 e. The highest BCUT2D eigenvalue weighted by Gasteiger charge is 2.17. The van der Waals surface area contributed by atoms with Gasteiger partial charge in [0, 0.05) is 12.6 Å². The standard InChI is InChI=1S/C26H22N4OS2/c1-17-12-14-18(15-13-17)24-20(27-25(33-24)19-8-4-3-5-9-19)16-23(31)28-29-26-30(2)21-10-6-7-11-22(21)32-26/h3-15H,16H2,1-2H3,(H,28,31)/b29-26+. The molecule has 7 heteroatoms. The Kier molecular flexibility index (Phi) is 5.90. The number of thiazole rings is 2. The van der Waals surface area contributed by atoms with Crippen LogP contribution in [0.2, 0.25) is 0 Å². The van der Waals surface area contributed by atoms with Crippen molar-refractivity contribution in [1.82, 2.24) is 15.0 Å². The molecule has 33 heavy (non-hydrogen) atoms. The Balaban J connectivity index is 1.45. The molecule has 0 aliphatic heterocycles. The summed E-state index contributed by atoms with van der Waals surface area (Å²) in [5.74, 6) is -0.189. The van der Waals surface area contributed by atoms with Crippen LogP contribution in [0.5, 0.6) is 0 Å². The highest BCUT2D eigenvalue weighted by molar-refractivity contribution is 7.18. The molecular weight excluding hydrogens is 448 g/mol. The second-order valence-corrected chi connectivity index (χ2v) is 9.77. The molecule has 5 aromatic rings. The van der Waals surface area contributed by atoms with Crippen molar-refractivity contribution in [1.29, 1.82) is 0 Å². The quantitative estimate of drug-likeness (QED) is 0.344. The number of aromatic nitrogens is 2. The molecule has 5 nitrogen and oxygen atoms in total. The van der Waals surface area contributed by atoms with E-state index < -0.39 is 0 Å². The molecule has 0 unspecified atom stereocenters. The van der Waals surface area contributed by atoms with Gasteiger partial charge in [-0.3, -0.25) is 4.79 Å². The van der Waals surface area contributed by atoms with Gasteiger partial charge in [0.1, 0.15) is 5.01 Å². The van der Waals surface area contributed by atoms with Crippen LogP contribution in [0, 0.1) is 6.92 Å². The third-order valence-corrected chi connectivity index (χ3v) is 7.66. The Morgan fingerprint density at radius 3 is 2.42 bits per heavy atom. The molecule has 5 rings (SSSR count). The topological polar surface area (TPSA) is 59.3 Å². The van der Waals surface area contributed by atoms with Crippen molar-refractivity contribution >= 4 is 38.8 Å². The Bertz CT molecular complexity index is 1500. The number of carbonyl (C=O) groups excluding carboxylic acids is 1. The van der Waals surface area contributed by atoms with E-state index in [4.69, 9.17) is 4.98 Å². The maximum absolute atomic E-state index is 12.9. The maximum atomic E-state index is 12.9. The molecule has 1 N–H and O–H groups in total. The molecule has 0 aliphatic rings. The predicted molar refractivity (Wildman–Crippen MR) is 136 cm³/mol. The fourth-order valence-electron chi connectivity index (χ4n) is 3.60. The molecule has 0 aliphatic carbocycles. The van der Waals surface area contributed by atoms with E-state index >= 15 is 0 Å². The van der Waals surface area contributed by atoms with E-state index in [2.05, 4.69) is 47.8 Å². The first kappa shape index (κ1) is 21.3. The summed E-state index contributed by atoms with van der Waals surface area (Å²) >= 11 is 3.15. The van der Waals surface area contributed by atoms with Gasteiger partial charge in [-0.1, -0.05) is 83.6 Å². The number of nitrogens with one attached hydrogen (secondary N) is 1. The second kappa shape index (κ2) is 9.13. The minimum atomic E-state index is -0.189. The zero-order valence-electron chi connectivity index (χ0n) is 18.3. The SMILES string of the molecule is Cc1ccc(-c2sc(-c3ccccc3)nc2CC(=O)N/N=c2/sc3ccccc3n2C)cc1. The molecular formula is C26H22N4OS2. The van der Waals surface area contributed by atoms with Crippen LogP contribution < -0.4 is 10.2 Å². The van der Waals surface area contributed by atoms with Crippen molar-refractivity contribution in [2.75, 3.05) is 0 Å². The normalized spacial score (nSPS) is 11.8. The highest BCUT2D eigenvalue weighted by Crippen LogP contribution is 2.36. The second-order valence-electron chi connectivity index (χ2n) is 7.76. The number of rotatable bonds is 5. The van der Waals surface area contributed by atoms with Gasteiger partial charge < -0.3 is 4.57 Å². The first-order valence-corrected chi connectivity index (χ1v) is 12.2. The number of carbonyl (C=O) groups is 1. The number of amides is 1. The number of fused-ring (bicyclic) bond motifs is 1. The van der Waals surface area contributed by atoms with Gasteiger partial charge in [0.25, 0.3) is 0 Å². The number of para-hydroxylation sites is 1. The number of nitrogens with zero attached hydrogens (tertiary/aromatic N) is 3. The highest BCUT2D eigenvalue weighted by atomic mass is 32.1. The summed E-state index contributed by atoms with van der Waals surface area (Å²) in [4.78, 5) is 19.4. The van der Waals surface area contributed by atoms with E-state index in [9.17, 15) is 4.79 Å². The molecule has 1 amide bonds. The predicted octanol–water partition coefficient (Wildman–Crippen LogP) is 5.51. The van der Waals surface area contributed by atoms with E-state index in [1.807, 2.05) is 60.1 Å². The van der Waals surface area contributed by atoms with Gasteiger partial charge in [-0.25, -0.2) is 10.4 Å². The Morgan fingerprint density at radius 1 is 0.939 bits per heavy atom. The van der Waals surface area contributed by atoms with Crippen molar-refractivity contribution in [3.63, 3.8) is 0 Å². The third-order valence-electron chi connectivity index (χ3n) is 5.35. The van der Waals surface area contributed by atoms with Crippen molar-refractivity contribution in [2.45, 2.75) is 13.3 Å². The molecule has 2 aromatic heterocycles. The van der Waals surface area contributed by atoms with Gasteiger partial charge in [0.2, 0.25) is 10.7 Å². The zero-order valence-corrected chi connectivity index (χ0v) is 19.9. The maximum Gasteiger partial charge on any atom is 0.246 e. The van der Waals surface area contributed by atoms with E-state index in [1.54, 1.807) is 22.7 Å².